The lowest BCUT2D eigenvalue weighted by Gasteiger charge is -2.30. The molecule has 5 unspecified atom stereocenters. The average Bonchev–Trinajstić information content (AvgIpc) is 3.92. The van der Waals surface area contributed by atoms with Crippen molar-refractivity contribution in [1.29, 1.82) is 0 Å². The largest absolute Gasteiger partial charge is 0.460 e. The molecule has 3 aromatic heterocycles. The van der Waals surface area contributed by atoms with E-state index < -0.39 is 65.3 Å². The summed E-state index contributed by atoms with van der Waals surface area (Å²) in [4.78, 5) is 86.9. The van der Waals surface area contributed by atoms with E-state index in [1.54, 1.807) is 19.1 Å². The molecule has 0 radical (unpaired) electrons. The lowest BCUT2D eigenvalue weighted by Crippen LogP contribution is -2.44. The Balaban J connectivity index is 1.32. The number of carbonyl (C=O) groups excluding carboxylic acids is 4. The fourth-order valence-corrected chi connectivity index (χ4v) is 6.49. The molecule has 3 aromatic rings. The quantitative estimate of drug-likeness (QED) is 0.212. The number of nitrogens with zero attached hydrogens (tertiary/aromatic N) is 5. The first kappa shape index (κ1) is 41.2. The number of ether oxygens (including phenoxy) is 1. The number of nitrogens with one attached hydrogen (secondary N) is 4. The number of allylic oxidation sites excluding steroid dienone is 2. The van der Waals surface area contributed by atoms with Gasteiger partial charge in [0.05, 0.1) is 30.8 Å². The number of halogens is 1. The first-order valence-corrected chi connectivity index (χ1v) is 18.4. The Morgan fingerprint density at radius 1 is 1.16 bits per heavy atom. The summed E-state index contributed by atoms with van der Waals surface area (Å²) in [6, 6.07) is -0.961. The smallest absolute Gasteiger partial charge is 0.329 e. The van der Waals surface area contributed by atoms with Gasteiger partial charge in [0.15, 0.2) is 11.6 Å². The highest BCUT2D eigenvalue weighted by molar-refractivity contribution is 5.95. The predicted molar refractivity (Wildman–Crippen MR) is 197 cm³/mol. The topological polar surface area (TPSA) is 247 Å². The normalized spacial score (nSPS) is 23.6. The van der Waals surface area contributed by atoms with Crippen LogP contribution in [0.2, 0.25) is 0 Å². The van der Waals surface area contributed by atoms with Crippen LogP contribution in [0.5, 0.6) is 0 Å². The van der Waals surface area contributed by atoms with Crippen molar-refractivity contribution in [3.05, 3.63) is 87.0 Å². The van der Waals surface area contributed by atoms with Crippen LogP contribution in [0.15, 0.2) is 68.6 Å². The van der Waals surface area contributed by atoms with E-state index in [0.29, 0.717) is 18.4 Å². The molecule has 0 aliphatic carbocycles. The summed E-state index contributed by atoms with van der Waals surface area (Å²) in [5, 5.41) is 23.8. The first-order valence-electron chi connectivity index (χ1n) is 18.4. The number of cyclic esters (lactones) is 1. The van der Waals surface area contributed by atoms with E-state index in [0.717, 1.165) is 6.26 Å². The average molecular weight is 780 g/mol. The van der Waals surface area contributed by atoms with Gasteiger partial charge in [0.2, 0.25) is 11.8 Å². The van der Waals surface area contributed by atoms with E-state index >= 15 is 0 Å². The van der Waals surface area contributed by atoms with E-state index in [4.69, 9.17) is 9.15 Å². The molecule has 0 spiro atoms. The molecule has 2 bridgehead atoms. The molecule has 2 aliphatic rings. The summed E-state index contributed by atoms with van der Waals surface area (Å²) in [6.45, 7) is 6.00. The maximum absolute atomic E-state index is 14.8. The van der Waals surface area contributed by atoms with Gasteiger partial charge in [-0.05, 0) is 31.8 Å². The fraction of sp³-hybridized carbons (Fsp3) is 0.486. The molecule has 5 atom stereocenters. The van der Waals surface area contributed by atoms with Crippen molar-refractivity contribution in [2.75, 3.05) is 19.6 Å². The van der Waals surface area contributed by atoms with Crippen molar-refractivity contribution in [2.45, 2.75) is 83.8 Å². The number of fused-ring (bicyclic) bond motifs is 3. The van der Waals surface area contributed by atoms with E-state index in [1.807, 2.05) is 13.8 Å². The van der Waals surface area contributed by atoms with Crippen molar-refractivity contribution in [1.82, 2.24) is 45.5 Å². The number of aliphatic hydroxyl groups excluding tert-OH is 1. The number of aromatic nitrogens is 6. The molecular weight excluding hydrogens is 733 g/mol. The molecule has 3 amide bonds. The number of carbonyl (C=O) groups is 4. The highest BCUT2D eigenvalue weighted by Gasteiger charge is 2.39. The van der Waals surface area contributed by atoms with Crippen molar-refractivity contribution in [2.24, 2.45) is 11.8 Å². The summed E-state index contributed by atoms with van der Waals surface area (Å²) in [7, 11) is 0. The minimum absolute atomic E-state index is 0.0256. The second-order valence-corrected chi connectivity index (χ2v) is 14.0. The molecule has 56 heavy (non-hydrogen) atoms. The zero-order chi connectivity index (χ0) is 40.4. The van der Waals surface area contributed by atoms with E-state index in [9.17, 15) is 38.3 Å². The molecule has 1 fully saturated rings. The number of rotatable bonds is 7. The van der Waals surface area contributed by atoms with Crippen LogP contribution in [0, 0.1) is 11.8 Å². The SMILES string of the molecule is CC1=CC(O)CC(F)Cc2nc(co2)C(=O)N2CCCC2C(=O)OC(C(C)C)C(CC(=O)NCCn2cc(-c3c[nH]c(=O)[nH]c3=O)nn2)/C=C/C(=O)NCC=C1. The Hall–Kier alpha value is -5.98. The van der Waals surface area contributed by atoms with Gasteiger partial charge < -0.3 is 34.8 Å². The Kier molecular flexibility index (Phi) is 14.0. The fourth-order valence-electron chi connectivity index (χ4n) is 6.49. The molecule has 0 saturated carbocycles. The van der Waals surface area contributed by atoms with Crippen LogP contribution in [-0.2, 0) is 32.1 Å². The zero-order valence-electron chi connectivity index (χ0n) is 31.3. The Bertz CT molecular complexity index is 2080. The lowest BCUT2D eigenvalue weighted by atomic mass is 9.89. The molecule has 2 aliphatic heterocycles. The van der Waals surface area contributed by atoms with Crippen LogP contribution in [0.3, 0.4) is 0 Å². The van der Waals surface area contributed by atoms with Crippen LogP contribution in [-0.4, -0.2) is 108 Å². The molecule has 5 rings (SSSR count). The Labute approximate surface area is 320 Å². The zero-order valence-corrected chi connectivity index (χ0v) is 31.3. The molecule has 18 nitrogen and oxygen atoms in total. The number of esters is 1. The number of amides is 3. The third-order valence-corrected chi connectivity index (χ3v) is 9.22. The monoisotopic (exact) mass is 779 g/mol. The maximum atomic E-state index is 14.8. The lowest BCUT2D eigenvalue weighted by molar-refractivity contribution is -0.159. The summed E-state index contributed by atoms with van der Waals surface area (Å²) in [5.41, 5.74) is -0.424. The number of hydrogen-bond donors (Lipinski definition) is 5. The predicted octanol–water partition coefficient (Wildman–Crippen LogP) is 1.12. The number of H-pyrrole nitrogens is 2. The van der Waals surface area contributed by atoms with E-state index in [-0.39, 0.29) is 74.2 Å². The van der Waals surface area contributed by atoms with Crippen LogP contribution in [0.1, 0.15) is 62.8 Å². The standard InChI is InChI=1S/C37H46FN9O9/c1-21(2)33-23(15-31(50)40-11-13-46-19-27(44-45-46)26-18-41-37(54)43-34(26)51)8-9-30(49)39-10-4-6-22(3)14-25(48)16-24(38)17-32-42-28(20-55-32)35(52)47-12-5-7-29(47)36(53)56-33/h4,6,8-9,14,18-21,23-25,29,33,48H,5,7,10-13,15-17H2,1-3H3,(H,39,49)(H,40,50)(H2,41,43,51,54)/b6-4?,9-8+,22-14?. The minimum atomic E-state index is -1.52. The molecule has 5 heterocycles. The molecule has 300 valence electrons. The minimum Gasteiger partial charge on any atom is -0.460 e. The van der Waals surface area contributed by atoms with Crippen molar-refractivity contribution < 1.29 is 37.8 Å². The molecule has 0 aromatic carbocycles. The van der Waals surface area contributed by atoms with Gasteiger partial charge in [0.1, 0.15) is 30.3 Å². The highest BCUT2D eigenvalue weighted by Crippen LogP contribution is 2.27. The van der Waals surface area contributed by atoms with Gasteiger partial charge in [-0.3, -0.25) is 28.8 Å². The van der Waals surface area contributed by atoms with Gasteiger partial charge in [-0.2, -0.15) is 0 Å². The van der Waals surface area contributed by atoms with Crippen molar-refractivity contribution in [3.63, 3.8) is 0 Å². The number of oxazole rings is 1. The summed E-state index contributed by atoms with van der Waals surface area (Å²) >= 11 is 0. The molecular formula is C37H46FN9O9. The van der Waals surface area contributed by atoms with Gasteiger partial charge in [-0.1, -0.05) is 48.9 Å². The number of alkyl halides is 1. The van der Waals surface area contributed by atoms with Crippen molar-refractivity contribution in [3.8, 4) is 11.3 Å². The van der Waals surface area contributed by atoms with Crippen LogP contribution in [0.4, 0.5) is 4.39 Å². The van der Waals surface area contributed by atoms with Crippen molar-refractivity contribution >= 4 is 23.7 Å². The Morgan fingerprint density at radius 2 is 1.96 bits per heavy atom. The van der Waals surface area contributed by atoms with Gasteiger partial charge in [-0.15, -0.1) is 5.10 Å². The number of aromatic amines is 2. The number of aliphatic hydroxyl groups is 1. The highest BCUT2D eigenvalue weighted by atomic mass is 19.1. The van der Waals surface area contributed by atoms with Gasteiger partial charge >= 0.3 is 11.7 Å². The summed E-state index contributed by atoms with van der Waals surface area (Å²) < 4.78 is 27.7. The van der Waals surface area contributed by atoms with Gasteiger partial charge in [-0.25, -0.2) is 19.0 Å². The second kappa shape index (κ2) is 19.1. The van der Waals surface area contributed by atoms with Gasteiger partial charge in [0.25, 0.3) is 11.5 Å². The van der Waals surface area contributed by atoms with E-state index in [1.165, 1.54) is 40.2 Å². The van der Waals surface area contributed by atoms with Crippen LogP contribution >= 0.6 is 0 Å². The summed E-state index contributed by atoms with van der Waals surface area (Å²) in [6.07, 6.45) is 8.04. The third kappa shape index (κ3) is 11.3. The van der Waals surface area contributed by atoms with Crippen LogP contribution < -0.4 is 21.9 Å². The summed E-state index contributed by atoms with van der Waals surface area (Å²) in [5.74, 6) is -3.28. The van der Waals surface area contributed by atoms with Crippen LogP contribution in [0.25, 0.3) is 11.3 Å². The second-order valence-electron chi connectivity index (χ2n) is 14.0. The third-order valence-electron chi connectivity index (χ3n) is 9.22. The molecule has 5 N–H and O–H groups in total. The molecule has 19 heteroatoms. The first-order chi connectivity index (χ1) is 26.8. The van der Waals surface area contributed by atoms with E-state index in [2.05, 4.69) is 35.9 Å². The Morgan fingerprint density at radius 3 is 2.73 bits per heavy atom. The molecule has 1 saturated heterocycles. The maximum Gasteiger partial charge on any atom is 0.329 e. The number of hydrogen-bond acceptors (Lipinski definition) is 12. The van der Waals surface area contributed by atoms with Gasteiger partial charge in [0, 0.05) is 44.6 Å².